The predicted molar refractivity (Wildman–Crippen MR) is 74.1 cm³/mol. The van der Waals surface area contributed by atoms with Crippen molar-refractivity contribution >= 4 is 17.6 Å². The van der Waals surface area contributed by atoms with Crippen LogP contribution < -0.4 is 0 Å². The van der Waals surface area contributed by atoms with Crippen molar-refractivity contribution in [3.63, 3.8) is 0 Å². The molecule has 1 aromatic rings. The summed E-state index contributed by atoms with van der Waals surface area (Å²) in [6.45, 7) is 1.31. The van der Waals surface area contributed by atoms with E-state index in [-0.39, 0.29) is 42.8 Å². The highest BCUT2D eigenvalue weighted by atomic mass is 19.2. The summed E-state index contributed by atoms with van der Waals surface area (Å²) in [6, 6.07) is 1.06. The van der Waals surface area contributed by atoms with Crippen LogP contribution in [-0.4, -0.2) is 41.8 Å². The topological polar surface area (TPSA) is 66.8 Å². The van der Waals surface area contributed by atoms with E-state index in [0.29, 0.717) is 12.1 Å². The lowest BCUT2D eigenvalue weighted by atomic mass is 9.93. The van der Waals surface area contributed by atoms with Crippen LogP contribution in [0.1, 0.15) is 18.9 Å². The molecule has 0 saturated carbocycles. The fourth-order valence-electron chi connectivity index (χ4n) is 2.38. The molecule has 2 rings (SSSR count). The van der Waals surface area contributed by atoms with Crippen molar-refractivity contribution in [1.29, 1.82) is 0 Å². The highest BCUT2D eigenvalue weighted by molar-refractivity contribution is 5.99. The summed E-state index contributed by atoms with van der Waals surface area (Å²) in [5.41, 5.74) is -0.222. The van der Waals surface area contributed by atoms with E-state index in [1.54, 1.807) is 6.92 Å². The molecular formula is C15H14F3NO4. The molecule has 0 aliphatic carbocycles. The highest BCUT2D eigenvalue weighted by Gasteiger charge is 2.29. The first-order valence-corrected chi connectivity index (χ1v) is 6.87. The third-order valence-corrected chi connectivity index (χ3v) is 3.47. The van der Waals surface area contributed by atoms with E-state index in [1.165, 1.54) is 0 Å². The second-order valence-corrected chi connectivity index (χ2v) is 4.88. The Bertz CT molecular complexity index is 688. The van der Waals surface area contributed by atoms with Gasteiger partial charge in [-0.1, -0.05) is 0 Å². The number of carbonyl (C=O) groups excluding carboxylic acids is 1. The fourth-order valence-corrected chi connectivity index (χ4v) is 2.38. The van der Waals surface area contributed by atoms with Crippen LogP contribution in [-0.2, 0) is 9.53 Å². The molecule has 1 N–H and O–H groups in total. The largest absolute Gasteiger partial charge is 0.465 e. The summed E-state index contributed by atoms with van der Waals surface area (Å²) < 4.78 is 45.3. The first-order valence-electron chi connectivity index (χ1n) is 6.87. The van der Waals surface area contributed by atoms with Gasteiger partial charge in [-0.3, -0.25) is 0 Å². The van der Waals surface area contributed by atoms with Crippen LogP contribution >= 0.6 is 0 Å². The lowest BCUT2D eigenvalue weighted by Gasteiger charge is -2.28. The monoisotopic (exact) mass is 329 g/mol. The number of esters is 1. The molecule has 0 fully saturated rings. The highest BCUT2D eigenvalue weighted by Crippen LogP contribution is 2.31. The van der Waals surface area contributed by atoms with E-state index < -0.39 is 29.5 Å². The SMILES string of the molecule is CCOC(=O)C1=C(c2cc(F)c(F)cc2F)CCN(C(=O)O)C1. The van der Waals surface area contributed by atoms with Crippen molar-refractivity contribution in [2.24, 2.45) is 0 Å². The van der Waals surface area contributed by atoms with E-state index >= 15 is 0 Å². The fraction of sp³-hybridized carbons (Fsp3) is 0.333. The molecule has 1 aliphatic rings. The molecule has 1 aromatic carbocycles. The molecule has 0 bridgehead atoms. The van der Waals surface area contributed by atoms with Crippen molar-refractivity contribution in [2.75, 3.05) is 19.7 Å². The Labute approximate surface area is 130 Å². The van der Waals surface area contributed by atoms with Crippen molar-refractivity contribution in [3.8, 4) is 0 Å². The second kappa shape index (κ2) is 6.72. The van der Waals surface area contributed by atoms with Crippen LogP contribution in [0.4, 0.5) is 18.0 Å². The summed E-state index contributed by atoms with van der Waals surface area (Å²) in [4.78, 5) is 24.0. The summed E-state index contributed by atoms with van der Waals surface area (Å²) in [5, 5.41) is 9.03. The Morgan fingerprint density at radius 3 is 2.48 bits per heavy atom. The van der Waals surface area contributed by atoms with E-state index in [9.17, 15) is 22.8 Å². The van der Waals surface area contributed by atoms with Gasteiger partial charge in [-0.05, 0) is 25.0 Å². The zero-order valence-corrected chi connectivity index (χ0v) is 12.2. The predicted octanol–water partition coefficient (Wildman–Crippen LogP) is 2.80. The Balaban J connectivity index is 2.54. The van der Waals surface area contributed by atoms with Gasteiger partial charge in [0.1, 0.15) is 5.82 Å². The van der Waals surface area contributed by atoms with Crippen molar-refractivity contribution in [2.45, 2.75) is 13.3 Å². The van der Waals surface area contributed by atoms with E-state index in [4.69, 9.17) is 9.84 Å². The normalized spacial score (nSPS) is 14.9. The van der Waals surface area contributed by atoms with Crippen molar-refractivity contribution in [1.82, 2.24) is 4.90 Å². The van der Waals surface area contributed by atoms with Gasteiger partial charge in [-0.2, -0.15) is 0 Å². The number of halogens is 3. The molecule has 0 saturated heterocycles. The van der Waals surface area contributed by atoms with Gasteiger partial charge >= 0.3 is 12.1 Å². The Morgan fingerprint density at radius 2 is 1.87 bits per heavy atom. The number of carboxylic acid groups (broad SMARTS) is 1. The zero-order chi connectivity index (χ0) is 17.1. The van der Waals surface area contributed by atoms with Crippen LogP contribution in [0.25, 0.3) is 5.57 Å². The molecule has 1 amide bonds. The van der Waals surface area contributed by atoms with E-state index in [2.05, 4.69) is 0 Å². The van der Waals surface area contributed by atoms with Gasteiger partial charge in [0.2, 0.25) is 0 Å². The van der Waals surface area contributed by atoms with E-state index in [1.807, 2.05) is 0 Å². The number of rotatable bonds is 3. The maximum Gasteiger partial charge on any atom is 0.407 e. The minimum absolute atomic E-state index is 0.00596. The lowest BCUT2D eigenvalue weighted by molar-refractivity contribution is -0.138. The van der Waals surface area contributed by atoms with Gasteiger partial charge in [0.05, 0.1) is 18.7 Å². The van der Waals surface area contributed by atoms with Crippen LogP contribution in [0.15, 0.2) is 17.7 Å². The number of amides is 1. The molecule has 0 spiro atoms. The Morgan fingerprint density at radius 1 is 1.22 bits per heavy atom. The minimum Gasteiger partial charge on any atom is -0.465 e. The van der Waals surface area contributed by atoms with Gasteiger partial charge in [0.25, 0.3) is 0 Å². The Kier molecular flexibility index (Phi) is 4.92. The average Bonchev–Trinajstić information content (AvgIpc) is 2.50. The molecular weight excluding hydrogens is 315 g/mol. The van der Waals surface area contributed by atoms with Crippen molar-refractivity contribution in [3.05, 3.63) is 40.7 Å². The molecule has 0 unspecified atom stereocenters. The molecule has 124 valence electrons. The number of hydrogen-bond donors (Lipinski definition) is 1. The van der Waals surface area contributed by atoms with Gasteiger partial charge in [0.15, 0.2) is 11.6 Å². The summed E-state index contributed by atoms with van der Waals surface area (Å²) in [5.74, 6) is -4.42. The van der Waals surface area contributed by atoms with Gasteiger partial charge in [0, 0.05) is 18.2 Å². The first kappa shape index (κ1) is 16.9. The van der Waals surface area contributed by atoms with Crippen molar-refractivity contribution < 1.29 is 32.6 Å². The maximum absolute atomic E-state index is 14.0. The van der Waals surface area contributed by atoms with Gasteiger partial charge in [-0.15, -0.1) is 0 Å². The van der Waals surface area contributed by atoms with Crippen LogP contribution in [0.3, 0.4) is 0 Å². The third-order valence-electron chi connectivity index (χ3n) is 3.47. The smallest absolute Gasteiger partial charge is 0.407 e. The van der Waals surface area contributed by atoms with Crippen LogP contribution in [0, 0.1) is 17.5 Å². The molecule has 0 radical (unpaired) electrons. The second-order valence-electron chi connectivity index (χ2n) is 4.88. The third kappa shape index (κ3) is 3.46. The van der Waals surface area contributed by atoms with Crippen LogP contribution in [0.5, 0.6) is 0 Å². The average molecular weight is 329 g/mol. The maximum atomic E-state index is 14.0. The number of nitrogens with zero attached hydrogens (tertiary/aromatic N) is 1. The van der Waals surface area contributed by atoms with Crippen LogP contribution in [0.2, 0.25) is 0 Å². The quantitative estimate of drug-likeness (QED) is 0.684. The van der Waals surface area contributed by atoms with E-state index in [0.717, 1.165) is 4.90 Å². The molecule has 1 heterocycles. The minimum atomic E-state index is -1.34. The summed E-state index contributed by atoms with van der Waals surface area (Å²) in [7, 11) is 0. The number of benzene rings is 1. The molecule has 8 heteroatoms. The molecule has 5 nitrogen and oxygen atoms in total. The first-order chi connectivity index (χ1) is 10.8. The standard InChI is InChI=1S/C15H14F3NO4/c1-2-23-14(20)10-7-19(15(21)22)4-3-8(10)9-5-12(17)13(18)6-11(9)16/h5-6H,2-4,7H2,1H3,(H,21,22). The number of ether oxygens (including phenoxy) is 1. The summed E-state index contributed by atoms with van der Waals surface area (Å²) >= 11 is 0. The zero-order valence-electron chi connectivity index (χ0n) is 12.2. The van der Waals surface area contributed by atoms with Gasteiger partial charge in [-0.25, -0.2) is 22.8 Å². The molecule has 1 aliphatic heterocycles. The molecule has 0 atom stereocenters. The van der Waals surface area contributed by atoms with Gasteiger partial charge < -0.3 is 14.7 Å². The number of hydrogen-bond acceptors (Lipinski definition) is 3. The number of carbonyl (C=O) groups is 2. The lowest BCUT2D eigenvalue weighted by Crippen LogP contribution is -2.38. The molecule has 0 aromatic heterocycles. The summed E-state index contributed by atoms with van der Waals surface area (Å²) in [6.07, 6.45) is -1.25. The Hall–Kier alpha value is -2.51. The molecule has 23 heavy (non-hydrogen) atoms.